The molecule has 0 rings (SSSR count). The molecule has 3 N–H and O–H groups in total. The van der Waals surface area contributed by atoms with E-state index in [1.54, 1.807) is 13.8 Å². The second-order valence-electron chi connectivity index (χ2n) is 2.96. The molecule has 0 aliphatic carbocycles. The minimum atomic E-state index is -3.37. The third-order valence-electron chi connectivity index (χ3n) is 1.91. The zero-order valence-electron chi connectivity index (χ0n) is 8.65. The highest BCUT2D eigenvalue weighted by atomic mass is 32.2. The van der Waals surface area contributed by atoms with Crippen molar-refractivity contribution in [1.82, 2.24) is 9.03 Å². The fourth-order valence-electron chi connectivity index (χ4n) is 0.922. The summed E-state index contributed by atoms with van der Waals surface area (Å²) in [4.78, 5) is 0.328. The second kappa shape index (κ2) is 5.59. The maximum absolute atomic E-state index is 11.4. The smallest absolute Gasteiger partial charge is 0.279 e. The Morgan fingerprint density at radius 2 is 2.14 bits per heavy atom. The zero-order valence-corrected chi connectivity index (χ0v) is 10.3. The highest BCUT2D eigenvalue weighted by molar-refractivity contribution is 7.87. The van der Waals surface area contributed by atoms with Crippen LogP contribution < -0.4 is 10.5 Å². The molecule has 0 aliphatic heterocycles. The minimum Gasteiger partial charge on any atom is -0.393 e. The van der Waals surface area contributed by atoms with Gasteiger partial charge in [-0.25, -0.2) is 4.72 Å². The number of thiocarbonyl (C=S) groups is 1. The molecule has 0 amide bonds. The molecule has 1 unspecified atom stereocenters. The topological polar surface area (TPSA) is 75.4 Å². The normalized spacial score (nSPS) is 14.3. The first-order valence-corrected chi connectivity index (χ1v) is 6.17. The average molecular weight is 239 g/mol. The first-order chi connectivity index (χ1) is 6.35. The molecule has 14 heavy (non-hydrogen) atoms. The summed E-state index contributed by atoms with van der Waals surface area (Å²) in [5.74, 6) is -0.118. The lowest BCUT2D eigenvalue weighted by atomic mass is 10.2. The molecule has 0 spiro atoms. The Bertz CT molecular complexity index is 289. The van der Waals surface area contributed by atoms with Crippen molar-refractivity contribution >= 4 is 27.4 Å². The van der Waals surface area contributed by atoms with E-state index >= 15 is 0 Å². The van der Waals surface area contributed by atoms with Crippen molar-refractivity contribution in [3.8, 4) is 0 Å². The number of hydrogen-bond donors (Lipinski definition) is 2. The molecule has 7 heteroatoms. The Morgan fingerprint density at radius 3 is 2.43 bits per heavy atom. The quantitative estimate of drug-likeness (QED) is 0.624. The lowest BCUT2D eigenvalue weighted by Crippen LogP contribution is -2.43. The van der Waals surface area contributed by atoms with Gasteiger partial charge in [0.25, 0.3) is 10.2 Å². The van der Waals surface area contributed by atoms with Crippen LogP contribution in [0.4, 0.5) is 0 Å². The van der Waals surface area contributed by atoms with Gasteiger partial charge in [0.2, 0.25) is 0 Å². The van der Waals surface area contributed by atoms with Gasteiger partial charge in [-0.1, -0.05) is 26.1 Å². The number of hydrogen-bond acceptors (Lipinski definition) is 3. The van der Waals surface area contributed by atoms with Crippen LogP contribution in [0.1, 0.15) is 13.8 Å². The van der Waals surface area contributed by atoms with E-state index in [4.69, 9.17) is 18.0 Å². The standard InChI is InChI=1S/C7H17N3O2S2/c1-4-10(14(11,12)9-3)5-6(2)7(8)13/h6,9H,4-5H2,1-3H3,(H2,8,13). The van der Waals surface area contributed by atoms with Gasteiger partial charge in [-0.3, -0.25) is 0 Å². The maximum atomic E-state index is 11.4. The predicted octanol–water partition coefficient (Wildman–Crippen LogP) is -0.305. The van der Waals surface area contributed by atoms with Crippen molar-refractivity contribution in [2.24, 2.45) is 11.7 Å². The van der Waals surface area contributed by atoms with Crippen molar-refractivity contribution in [3.63, 3.8) is 0 Å². The maximum Gasteiger partial charge on any atom is 0.279 e. The Labute approximate surface area is 90.8 Å². The van der Waals surface area contributed by atoms with Crippen LogP contribution in [0.3, 0.4) is 0 Å². The molecular formula is C7H17N3O2S2. The predicted molar refractivity (Wildman–Crippen MR) is 61.2 cm³/mol. The van der Waals surface area contributed by atoms with E-state index in [-0.39, 0.29) is 5.92 Å². The molecule has 0 saturated heterocycles. The van der Waals surface area contributed by atoms with E-state index in [9.17, 15) is 8.42 Å². The van der Waals surface area contributed by atoms with Crippen molar-refractivity contribution in [2.75, 3.05) is 20.1 Å². The number of rotatable bonds is 6. The molecule has 0 saturated carbocycles. The highest BCUT2D eigenvalue weighted by Crippen LogP contribution is 2.04. The third kappa shape index (κ3) is 3.87. The Hall–Kier alpha value is -0.240. The van der Waals surface area contributed by atoms with Gasteiger partial charge in [0.05, 0.1) is 4.99 Å². The fraction of sp³-hybridized carbons (Fsp3) is 0.857. The molecule has 0 aromatic rings. The Balaban J connectivity index is 4.53. The molecule has 0 bridgehead atoms. The third-order valence-corrected chi connectivity index (χ3v) is 3.92. The fourth-order valence-corrected chi connectivity index (χ4v) is 2.01. The summed E-state index contributed by atoms with van der Waals surface area (Å²) in [6.45, 7) is 4.28. The molecule has 0 radical (unpaired) electrons. The van der Waals surface area contributed by atoms with E-state index < -0.39 is 10.2 Å². The number of nitrogens with zero attached hydrogens (tertiary/aromatic N) is 1. The van der Waals surface area contributed by atoms with Gasteiger partial charge in [0.15, 0.2) is 0 Å². The van der Waals surface area contributed by atoms with Gasteiger partial charge in [-0.05, 0) is 0 Å². The summed E-state index contributed by atoms with van der Waals surface area (Å²) in [6.07, 6.45) is 0. The van der Waals surface area contributed by atoms with Crippen LogP contribution in [0.5, 0.6) is 0 Å². The lowest BCUT2D eigenvalue weighted by molar-refractivity contribution is 0.400. The largest absolute Gasteiger partial charge is 0.393 e. The van der Waals surface area contributed by atoms with Crippen LogP contribution >= 0.6 is 12.2 Å². The monoisotopic (exact) mass is 239 g/mol. The van der Waals surface area contributed by atoms with E-state index in [1.807, 2.05) is 0 Å². The van der Waals surface area contributed by atoms with Gasteiger partial charge < -0.3 is 5.73 Å². The molecule has 1 atom stereocenters. The van der Waals surface area contributed by atoms with E-state index in [1.165, 1.54) is 11.4 Å². The summed E-state index contributed by atoms with van der Waals surface area (Å²) in [5, 5.41) is 0. The van der Waals surface area contributed by atoms with Crippen molar-refractivity contribution in [2.45, 2.75) is 13.8 Å². The molecule has 0 fully saturated rings. The molecule has 0 heterocycles. The van der Waals surface area contributed by atoms with Crippen molar-refractivity contribution in [3.05, 3.63) is 0 Å². The molecule has 0 aromatic carbocycles. The van der Waals surface area contributed by atoms with Crippen LogP contribution in [-0.2, 0) is 10.2 Å². The first-order valence-electron chi connectivity index (χ1n) is 4.33. The van der Waals surface area contributed by atoms with Crippen LogP contribution in [0.25, 0.3) is 0 Å². The summed E-state index contributed by atoms with van der Waals surface area (Å²) >= 11 is 4.78. The van der Waals surface area contributed by atoms with Gasteiger partial charge in [-0.15, -0.1) is 0 Å². The summed E-state index contributed by atoms with van der Waals surface area (Å²) in [7, 11) is -1.99. The van der Waals surface area contributed by atoms with Gasteiger partial charge >= 0.3 is 0 Å². The van der Waals surface area contributed by atoms with Crippen LogP contribution in [-0.4, -0.2) is 37.8 Å². The van der Waals surface area contributed by atoms with E-state index in [2.05, 4.69) is 4.72 Å². The van der Waals surface area contributed by atoms with Crippen LogP contribution in [0.2, 0.25) is 0 Å². The average Bonchev–Trinajstić information content (AvgIpc) is 2.13. The van der Waals surface area contributed by atoms with E-state index in [0.717, 1.165) is 0 Å². The zero-order chi connectivity index (χ0) is 11.4. The second-order valence-corrected chi connectivity index (χ2v) is 5.31. The van der Waals surface area contributed by atoms with Crippen LogP contribution in [0.15, 0.2) is 0 Å². The summed E-state index contributed by atoms with van der Waals surface area (Å²) in [5.41, 5.74) is 5.41. The highest BCUT2D eigenvalue weighted by Gasteiger charge is 2.21. The Morgan fingerprint density at radius 1 is 1.64 bits per heavy atom. The first kappa shape index (κ1) is 13.8. The molecular weight excluding hydrogens is 222 g/mol. The molecule has 0 aliphatic rings. The summed E-state index contributed by atoms with van der Waals surface area (Å²) < 4.78 is 26.4. The molecule has 5 nitrogen and oxygen atoms in total. The SMILES string of the molecule is CCN(CC(C)C(N)=S)S(=O)(=O)NC. The Kier molecular flexibility index (Phi) is 5.50. The van der Waals surface area contributed by atoms with E-state index in [0.29, 0.717) is 18.1 Å². The van der Waals surface area contributed by atoms with Gasteiger partial charge in [0, 0.05) is 26.1 Å². The van der Waals surface area contributed by atoms with Gasteiger partial charge in [0.1, 0.15) is 0 Å². The summed E-state index contributed by atoms with van der Waals surface area (Å²) in [6, 6.07) is 0. The molecule has 0 aromatic heterocycles. The minimum absolute atomic E-state index is 0.118. The van der Waals surface area contributed by atoms with Gasteiger partial charge in [-0.2, -0.15) is 12.7 Å². The van der Waals surface area contributed by atoms with Crippen molar-refractivity contribution in [1.29, 1.82) is 0 Å². The number of nitrogens with one attached hydrogen (secondary N) is 1. The molecule has 84 valence electrons. The van der Waals surface area contributed by atoms with Crippen molar-refractivity contribution < 1.29 is 8.42 Å². The van der Waals surface area contributed by atoms with Crippen LogP contribution in [0, 0.1) is 5.92 Å². The lowest BCUT2D eigenvalue weighted by Gasteiger charge is -2.22. The number of nitrogens with two attached hydrogens (primary N) is 1.